The van der Waals surface area contributed by atoms with Gasteiger partial charge in [0.05, 0.1) is 10.9 Å². The molecule has 0 aliphatic rings. The Bertz CT molecular complexity index is 530. The maximum atomic E-state index is 13.3. The number of sulfonamides is 1. The number of hydrogen-bond acceptors (Lipinski definition) is 3. The molecule has 0 radical (unpaired) electrons. The van der Waals surface area contributed by atoms with Gasteiger partial charge in [-0.15, -0.1) is 0 Å². The van der Waals surface area contributed by atoms with Crippen LogP contribution >= 0.6 is 0 Å². The highest BCUT2D eigenvalue weighted by Crippen LogP contribution is 2.21. The van der Waals surface area contributed by atoms with Crippen molar-refractivity contribution >= 4 is 15.7 Å². The Hall–Kier alpha value is -1.28. The smallest absolute Gasteiger partial charge is 0.236 e. The molecular formula is C10H13F3N2O2S. The molecule has 1 aromatic carbocycles. The van der Waals surface area contributed by atoms with Gasteiger partial charge in [-0.3, -0.25) is 4.72 Å². The summed E-state index contributed by atoms with van der Waals surface area (Å²) in [5.41, 5.74) is 4.63. The average Bonchev–Trinajstić information content (AvgIpc) is 2.26. The molecule has 0 aliphatic heterocycles. The minimum absolute atomic E-state index is 0.156. The number of nitrogens with one attached hydrogen (secondary N) is 1. The van der Waals surface area contributed by atoms with Gasteiger partial charge >= 0.3 is 0 Å². The van der Waals surface area contributed by atoms with Crippen molar-refractivity contribution in [3.05, 3.63) is 29.6 Å². The van der Waals surface area contributed by atoms with E-state index in [4.69, 9.17) is 5.73 Å². The number of benzene rings is 1. The molecule has 0 spiro atoms. The summed E-state index contributed by atoms with van der Waals surface area (Å²) in [6, 6.07) is 0.724. The maximum absolute atomic E-state index is 13.3. The molecule has 1 aromatic rings. The topological polar surface area (TPSA) is 72.2 Å². The highest BCUT2D eigenvalue weighted by Gasteiger charge is 2.24. The zero-order valence-electron chi connectivity index (χ0n) is 9.58. The minimum atomic E-state index is -3.93. The molecule has 4 nitrogen and oxygen atoms in total. The molecule has 0 amide bonds. The van der Waals surface area contributed by atoms with Crippen LogP contribution in [-0.2, 0) is 10.0 Å². The van der Waals surface area contributed by atoms with Gasteiger partial charge in [-0.05, 0) is 6.42 Å². The van der Waals surface area contributed by atoms with Crippen molar-refractivity contribution in [1.29, 1.82) is 0 Å². The van der Waals surface area contributed by atoms with Gasteiger partial charge in [-0.25, -0.2) is 21.6 Å². The molecule has 0 saturated heterocycles. The van der Waals surface area contributed by atoms with Gasteiger partial charge in [0.25, 0.3) is 0 Å². The number of rotatable bonds is 5. The van der Waals surface area contributed by atoms with Crippen molar-refractivity contribution < 1.29 is 21.6 Å². The summed E-state index contributed by atoms with van der Waals surface area (Å²) in [4.78, 5) is 0. The van der Waals surface area contributed by atoms with Crippen LogP contribution in [0.15, 0.2) is 12.1 Å². The van der Waals surface area contributed by atoms with Gasteiger partial charge < -0.3 is 5.73 Å². The van der Waals surface area contributed by atoms with Crippen LogP contribution in [0.1, 0.15) is 13.3 Å². The molecular weight excluding hydrogens is 269 g/mol. The molecule has 0 bridgehead atoms. The van der Waals surface area contributed by atoms with E-state index in [0.717, 1.165) is 0 Å². The van der Waals surface area contributed by atoms with E-state index in [-0.39, 0.29) is 19.0 Å². The van der Waals surface area contributed by atoms with Gasteiger partial charge in [-0.2, -0.15) is 0 Å². The van der Waals surface area contributed by atoms with Crippen LogP contribution in [0, 0.1) is 17.5 Å². The Labute approximate surface area is 103 Å². The summed E-state index contributed by atoms with van der Waals surface area (Å²) in [7, 11) is -3.93. The molecule has 102 valence electrons. The highest BCUT2D eigenvalue weighted by atomic mass is 32.2. The van der Waals surface area contributed by atoms with Crippen LogP contribution < -0.4 is 10.5 Å². The first-order valence-electron chi connectivity index (χ1n) is 5.18. The van der Waals surface area contributed by atoms with Crippen LogP contribution in [0.3, 0.4) is 0 Å². The molecule has 1 unspecified atom stereocenters. The maximum Gasteiger partial charge on any atom is 0.236 e. The van der Waals surface area contributed by atoms with Crippen LogP contribution in [0.4, 0.5) is 18.9 Å². The van der Waals surface area contributed by atoms with E-state index in [1.165, 1.54) is 0 Å². The van der Waals surface area contributed by atoms with Crippen LogP contribution in [0.25, 0.3) is 0 Å². The normalized spacial score (nSPS) is 13.4. The summed E-state index contributed by atoms with van der Waals surface area (Å²) in [5, 5.41) is -0.926. The fourth-order valence-electron chi connectivity index (χ4n) is 1.35. The van der Waals surface area contributed by atoms with Crippen molar-refractivity contribution in [3.63, 3.8) is 0 Å². The second-order valence-corrected chi connectivity index (χ2v) is 5.62. The van der Waals surface area contributed by atoms with Crippen LogP contribution in [0.2, 0.25) is 0 Å². The first kappa shape index (κ1) is 14.8. The van der Waals surface area contributed by atoms with E-state index < -0.39 is 38.4 Å². The number of halogens is 3. The van der Waals surface area contributed by atoms with E-state index >= 15 is 0 Å². The number of hydrogen-bond donors (Lipinski definition) is 2. The third-order valence-electron chi connectivity index (χ3n) is 2.42. The van der Waals surface area contributed by atoms with E-state index in [1.54, 1.807) is 6.92 Å². The Kier molecular flexibility index (Phi) is 4.58. The second kappa shape index (κ2) is 5.57. The van der Waals surface area contributed by atoms with Gasteiger partial charge in [0.2, 0.25) is 10.0 Å². The van der Waals surface area contributed by atoms with Gasteiger partial charge in [0, 0.05) is 18.7 Å². The van der Waals surface area contributed by atoms with Crippen molar-refractivity contribution in [1.82, 2.24) is 0 Å². The Morgan fingerprint density at radius 1 is 1.22 bits per heavy atom. The molecule has 8 heteroatoms. The quantitative estimate of drug-likeness (QED) is 0.805. The molecule has 0 fully saturated rings. The van der Waals surface area contributed by atoms with E-state index in [2.05, 4.69) is 0 Å². The summed E-state index contributed by atoms with van der Waals surface area (Å²) < 4.78 is 64.2. The molecule has 1 atom stereocenters. The largest absolute Gasteiger partial charge is 0.329 e. The van der Waals surface area contributed by atoms with Crippen molar-refractivity contribution in [2.24, 2.45) is 5.73 Å². The van der Waals surface area contributed by atoms with Crippen molar-refractivity contribution in [3.8, 4) is 0 Å². The Morgan fingerprint density at radius 2 is 1.78 bits per heavy atom. The predicted octanol–water partition coefficient (Wildman–Crippen LogP) is 1.58. The van der Waals surface area contributed by atoms with Crippen LogP contribution in [-0.4, -0.2) is 20.2 Å². The first-order valence-corrected chi connectivity index (χ1v) is 6.72. The second-order valence-electron chi connectivity index (χ2n) is 3.66. The van der Waals surface area contributed by atoms with Gasteiger partial charge in [0.15, 0.2) is 11.6 Å². The molecule has 0 heterocycles. The lowest BCUT2D eigenvalue weighted by Gasteiger charge is -2.15. The zero-order chi connectivity index (χ0) is 13.9. The lowest BCUT2D eigenvalue weighted by Crippen LogP contribution is -2.34. The minimum Gasteiger partial charge on any atom is -0.329 e. The number of nitrogens with two attached hydrogens (primary N) is 1. The fraction of sp³-hybridized carbons (Fsp3) is 0.400. The molecule has 3 N–H and O–H groups in total. The summed E-state index contributed by atoms with van der Waals surface area (Å²) in [5.74, 6) is -3.92. The monoisotopic (exact) mass is 282 g/mol. The third kappa shape index (κ3) is 3.14. The van der Waals surface area contributed by atoms with Gasteiger partial charge in [-0.1, -0.05) is 6.92 Å². The lowest BCUT2D eigenvalue weighted by atomic mass is 10.3. The van der Waals surface area contributed by atoms with Crippen molar-refractivity contribution in [2.75, 3.05) is 11.3 Å². The zero-order valence-corrected chi connectivity index (χ0v) is 10.4. The lowest BCUT2D eigenvalue weighted by molar-refractivity contribution is 0.496. The average molecular weight is 282 g/mol. The Balaban J connectivity index is 3.08. The van der Waals surface area contributed by atoms with Gasteiger partial charge in [0.1, 0.15) is 5.82 Å². The molecule has 0 aromatic heterocycles. The molecule has 1 rings (SSSR count). The molecule has 0 saturated carbocycles. The molecule has 0 aliphatic carbocycles. The van der Waals surface area contributed by atoms with E-state index in [0.29, 0.717) is 6.07 Å². The summed E-state index contributed by atoms with van der Waals surface area (Å²) in [6.07, 6.45) is 0.219. The number of anilines is 1. The molecule has 18 heavy (non-hydrogen) atoms. The van der Waals surface area contributed by atoms with Crippen molar-refractivity contribution in [2.45, 2.75) is 18.6 Å². The van der Waals surface area contributed by atoms with Crippen LogP contribution in [0.5, 0.6) is 0 Å². The third-order valence-corrected chi connectivity index (χ3v) is 4.33. The first-order chi connectivity index (χ1) is 8.31. The predicted molar refractivity (Wildman–Crippen MR) is 62.0 cm³/mol. The standard InChI is InChI=1S/C10H13F3N2O2S/c1-2-6(5-14)18(16,17)15-10-4-8(12)7(11)3-9(10)13/h3-4,6,15H,2,5,14H2,1H3. The summed E-state index contributed by atoms with van der Waals surface area (Å²) >= 11 is 0. The fourth-order valence-corrected chi connectivity index (χ4v) is 2.67. The van der Waals surface area contributed by atoms with E-state index in [1.807, 2.05) is 4.72 Å². The SMILES string of the molecule is CCC(CN)S(=O)(=O)Nc1cc(F)c(F)cc1F. The summed E-state index contributed by atoms with van der Waals surface area (Å²) in [6.45, 7) is 1.44. The van der Waals surface area contributed by atoms with E-state index in [9.17, 15) is 21.6 Å². The highest BCUT2D eigenvalue weighted by molar-refractivity contribution is 7.93. The Morgan fingerprint density at radius 3 is 2.28 bits per heavy atom.